The molecule has 1 aromatic heterocycles. The Morgan fingerprint density at radius 3 is 3.04 bits per heavy atom. The molecule has 0 saturated carbocycles. The predicted octanol–water partition coefficient (Wildman–Crippen LogP) is 2.94. The molecule has 5 nitrogen and oxygen atoms in total. The SMILES string of the molecule is CC(=O)NCc1csc(C2CCCN(C(=O)c3cccc(F)c3)C2)n1. The highest BCUT2D eigenvalue weighted by Crippen LogP contribution is 2.30. The molecule has 1 aliphatic rings. The van der Waals surface area contributed by atoms with Gasteiger partial charge in [-0.2, -0.15) is 0 Å². The minimum absolute atomic E-state index is 0.0842. The number of halogens is 1. The van der Waals surface area contributed by atoms with Gasteiger partial charge in [0.2, 0.25) is 5.91 Å². The molecule has 1 atom stereocenters. The molecular formula is C18H20FN3O2S. The summed E-state index contributed by atoms with van der Waals surface area (Å²) in [6, 6.07) is 5.81. The number of piperidine rings is 1. The highest BCUT2D eigenvalue weighted by molar-refractivity contribution is 7.09. The third kappa shape index (κ3) is 4.42. The predicted molar refractivity (Wildman–Crippen MR) is 93.9 cm³/mol. The first-order valence-corrected chi connectivity index (χ1v) is 9.14. The van der Waals surface area contributed by atoms with Gasteiger partial charge in [0.05, 0.1) is 17.2 Å². The molecule has 2 aromatic rings. The van der Waals surface area contributed by atoms with Crippen LogP contribution in [0.1, 0.15) is 46.7 Å². The quantitative estimate of drug-likeness (QED) is 0.911. The summed E-state index contributed by atoms with van der Waals surface area (Å²) in [5.74, 6) is -0.442. The molecule has 2 heterocycles. The molecule has 0 bridgehead atoms. The lowest BCUT2D eigenvalue weighted by molar-refractivity contribution is -0.119. The van der Waals surface area contributed by atoms with Crippen LogP contribution in [0.2, 0.25) is 0 Å². The van der Waals surface area contributed by atoms with Crippen LogP contribution >= 0.6 is 11.3 Å². The van der Waals surface area contributed by atoms with Gasteiger partial charge in [-0.05, 0) is 31.0 Å². The second kappa shape index (κ2) is 7.74. The van der Waals surface area contributed by atoms with Crippen LogP contribution in [0.5, 0.6) is 0 Å². The highest BCUT2D eigenvalue weighted by atomic mass is 32.1. The Balaban J connectivity index is 1.67. The molecule has 0 aliphatic carbocycles. The summed E-state index contributed by atoms with van der Waals surface area (Å²) in [6.45, 7) is 3.16. The maximum atomic E-state index is 13.4. The van der Waals surface area contributed by atoms with Crippen molar-refractivity contribution >= 4 is 23.2 Å². The van der Waals surface area contributed by atoms with E-state index in [-0.39, 0.29) is 17.7 Å². The number of carbonyl (C=O) groups is 2. The summed E-state index contributed by atoms with van der Waals surface area (Å²) in [5, 5.41) is 5.66. The van der Waals surface area contributed by atoms with Crippen molar-refractivity contribution in [2.75, 3.05) is 13.1 Å². The van der Waals surface area contributed by atoms with Crippen LogP contribution in [0, 0.1) is 5.82 Å². The fourth-order valence-electron chi connectivity index (χ4n) is 2.97. The summed E-state index contributed by atoms with van der Waals surface area (Å²) in [6.07, 6.45) is 1.87. The van der Waals surface area contributed by atoms with Gasteiger partial charge >= 0.3 is 0 Å². The molecule has 7 heteroatoms. The maximum absolute atomic E-state index is 13.4. The summed E-state index contributed by atoms with van der Waals surface area (Å²) < 4.78 is 13.4. The lowest BCUT2D eigenvalue weighted by Crippen LogP contribution is -2.39. The van der Waals surface area contributed by atoms with Crippen LogP contribution < -0.4 is 5.32 Å². The third-order valence-corrected chi connectivity index (χ3v) is 5.27. The van der Waals surface area contributed by atoms with Crippen LogP contribution in [0.15, 0.2) is 29.6 Å². The number of likely N-dealkylation sites (tertiary alicyclic amines) is 1. The maximum Gasteiger partial charge on any atom is 0.253 e. The second-order valence-corrected chi connectivity index (χ2v) is 7.08. The Kier molecular flexibility index (Phi) is 5.43. The number of nitrogens with one attached hydrogen (secondary N) is 1. The van der Waals surface area contributed by atoms with Gasteiger partial charge in [-0.3, -0.25) is 9.59 Å². The number of amides is 2. The largest absolute Gasteiger partial charge is 0.351 e. The first kappa shape index (κ1) is 17.5. The van der Waals surface area contributed by atoms with Crippen LogP contribution in [-0.2, 0) is 11.3 Å². The van der Waals surface area contributed by atoms with E-state index in [0.29, 0.717) is 25.2 Å². The molecule has 3 rings (SSSR count). The molecule has 0 spiro atoms. The molecule has 2 amide bonds. The zero-order valence-corrected chi connectivity index (χ0v) is 14.8. The molecule has 1 saturated heterocycles. The molecule has 25 heavy (non-hydrogen) atoms. The number of thiazole rings is 1. The standard InChI is InChI=1S/C18H20FN3O2S/c1-12(23)20-9-16-11-25-17(21-16)14-5-3-7-22(10-14)18(24)13-4-2-6-15(19)8-13/h2,4,6,8,11,14H,3,5,7,9-10H2,1H3,(H,20,23). The number of rotatable bonds is 4. The minimum Gasteiger partial charge on any atom is -0.351 e. The highest BCUT2D eigenvalue weighted by Gasteiger charge is 2.27. The monoisotopic (exact) mass is 361 g/mol. The fraction of sp³-hybridized carbons (Fsp3) is 0.389. The smallest absolute Gasteiger partial charge is 0.253 e. The number of nitrogens with zero attached hydrogens (tertiary/aromatic N) is 2. The molecule has 1 fully saturated rings. The van der Waals surface area contributed by atoms with Crippen molar-refractivity contribution in [2.45, 2.75) is 32.2 Å². The van der Waals surface area contributed by atoms with E-state index in [0.717, 1.165) is 23.5 Å². The normalized spacial score (nSPS) is 17.4. The van der Waals surface area contributed by atoms with Gasteiger partial charge in [0.25, 0.3) is 5.91 Å². The van der Waals surface area contributed by atoms with Crippen molar-refractivity contribution in [3.8, 4) is 0 Å². The van der Waals surface area contributed by atoms with Gasteiger partial charge in [-0.1, -0.05) is 6.07 Å². The van der Waals surface area contributed by atoms with Gasteiger partial charge in [-0.25, -0.2) is 9.37 Å². The molecule has 0 radical (unpaired) electrons. The second-order valence-electron chi connectivity index (χ2n) is 6.19. The first-order chi connectivity index (χ1) is 12.0. The van der Waals surface area contributed by atoms with E-state index in [4.69, 9.17) is 0 Å². The van der Waals surface area contributed by atoms with Crippen molar-refractivity contribution in [3.05, 3.63) is 51.7 Å². The van der Waals surface area contributed by atoms with Crippen molar-refractivity contribution in [1.29, 1.82) is 0 Å². The Labute approximate surface area is 149 Å². The van der Waals surface area contributed by atoms with E-state index < -0.39 is 5.82 Å². The van der Waals surface area contributed by atoms with E-state index in [1.54, 1.807) is 28.4 Å². The fourth-order valence-corrected chi connectivity index (χ4v) is 3.92. The van der Waals surface area contributed by atoms with Crippen LogP contribution in [0.4, 0.5) is 4.39 Å². The van der Waals surface area contributed by atoms with Gasteiger partial charge in [0.1, 0.15) is 5.82 Å². The summed E-state index contributed by atoms with van der Waals surface area (Å²) in [4.78, 5) is 30.0. The van der Waals surface area contributed by atoms with Crippen LogP contribution in [0.25, 0.3) is 0 Å². The summed E-state index contributed by atoms with van der Waals surface area (Å²) in [5.41, 5.74) is 1.22. The topological polar surface area (TPSA) is 62.3 Å². The first-order valence-electron chi connectivity index (χ1n) is 8.26. The zero-order chi connectivity index (χ0) is 17.8. The number of hydrogen-bond acceptors (Lipinski definition) is 4. The van der Waals surface area contributed by atoms with Crippen LogP contribution in [0.3, 0.4) is 0 Å². The molecule has 1 aliphatic heterocycles. The minimum atomic E-state index is -0.401. The zero-order valence-electron chi connectivity index (χ0n) is 14.0. The summed E-state index contributed by atoms with van der Waals surface area (Å²) >= 11 is 1.56. The average Bonchev–Trinajstić information content (AvgIpc) is 3.08. The number of aromatic nitrogens is 1. The molecule has 1 aromatic carbocycles. The third-order valence-electron chi connectivity index (χ3n) is 4.22. The van der Waals surface area contributed by atoms with E-state index in [9.17, 15) is 14.0 Å². The molecule has 1 N–H and O–H groups in total. The Hall–Kier alpha value is -2.28. The van der Waals surface area contributed by atoms with E-state index >= 15 is 0 Å². The van der Waals surface area contributed by atoms with Gasteiger partial charge in [0.15, 0.2) is 0 Å². The lowest BCUT2D eigenvalue weighted by atomic mass is 9.98. The Morgan fingerprint density at radius 2 is 2.28 bits per heavy atom. The van der Waals surface area contributed by atoms with Crippen molar-refractivity contribution in [3.63, 3.8) is 0 Å². The van der Waals surface area contributed by atoms with E-state index in [1.807, 2.05) is 5.38 Å². The van der Waals surface area contributed by atoms with E-state index in [2.05, 4.69) is 10.3 Å². The van der Waals surface area contributed by atoms with Crippen molar-refractivity contribution < 1.29 is 14.0 Å². The van der Waals surface area contributed by atoms with Gasteiger partial charge < -0.3 is 10.2 Å². The van der Waals surface area contributed by atoms with Gasteiger partial charge in [-0.15, -0.1) is 11.3 Å². The number of benzene rings is 1. The number of hydrogen-bond donors (Lipinski definition) is 1. The molecular weight excluding hydrogens is 341 g/mol. The van der Waals surface area contributed by atoms with Crippen molar-refractivity contribution in [1.82, 2.24) is 15.2 Å². The summed E-state index contributed by atoms with van der Waals surface area (Å²) in [7, 11) is 0. The number of carbonyl (C=O) groups excluding carboxylic acids is 2. The molecule has 1 unspecified atom stereocenters. The molecule has 132 valence electrons. The van der Waals surface area contributed by atoms with E-state index in [1.165, 1.54) is 19.1 Å². The average molecular weight is 361 g/mol. The van der Waals surface area contributed by atoms with Crippen LogP contribution in [-0.4, -0.2) is 34.8 Å². The lowest BCUT2D eigenvalue weighted by Gasteiger charge is -2.32. The Morgan fingerprint density at radius 1 is 1.44 bits per heavy atom. The van der Waals surface area contributed by atoms with Crippen molar-refractivity contribution in [2.24, 2.45) is 0 Å². The van der Waals surface area contributed by atoms with Gasteiger partial charge in [0, 0.05) is 36.9 Å². The Bertz CT molecular complexity index is 777.